The van der Waals surface area contributed by atoms with Gasteiger partial charge in [0.15, 0.2) is 11.6 Å². The van der Waals surface area contributed by atoms with E-state index in [1.807, 2.05) is 53.7 Å². The topological polar surface area (TPSA) is 85.0 Å². The minimum atomic E-state index is 0.111. The maximum Gasteiger partial charge on any atom is 0.263 e. The molecule has 0 atom stereocenters. The lowest BCUT2D eigenvalue weighted by Crippen LogP contribution is -2.37. The van der Waals surface area contributed by atoms with Crippen LogP contribution in [0, 0.1) is 6.92 Å². The molecule has 1 fully saturated rings. The van der Waals surface area contributed by atoms with Gasteiger partial charge in [-0.25, -0.2) is 9.97 Å². The van der Waals surface area contributed by atoms with Crippen LogP contribution in [0.4, 0.5) is 0 Å². The van der Waals surface area contributed by atoms with Crippen LogP contribution in [0.1, 0.15) is 39.8 Å². The number of pyridine rings is 1. The van der Waals surface area contributed by atoms with Crippen molar-refractivity contribution in [2.45, 2.75) is 25.7 Å². The highest BCUT2D eigenvalue weighted by atomic mass is 32.1. The molecule has 5 rings (SSSR count). The summed E-state index contributed by atoms with van der Waals surface area (Å²) in [6.07, 6.45) is 6.97. The fourth-order valence-electron chi connectivity index (χ4n) is 3.94. The fourth-order valence-corrected chi connectivity index (χ4v) is 4.63. The zero-order chi connectivity index (χ0) is 21.2. The highest BCUT2D eigenvalue weighted by Gasteiger charge is 2.29. The number of rotatable bonds is 4. The molecule has 0 radical (unpaired) electrons. The molecule has 0 bridgehead atoms. The number of amides is 1. The quantitative estimate of drug-likeness (QED) is 0.470. The Morgan fingerprint density at radius 2 is 2.00 bits per heavy atom. The van der Waals surface area contributed by atoms with Crippen LogP contribution in [0.25, 0.3) is 22.7 Å². The first kappa shape index (κ1) is 19.6. The summed E-state index contributed by atoms with van der Waals surface area (Å²) in [4.78, 5) is 29.0. The van der Waals surface area contributed by atoms with Crippen molar-refractivity contribution < 1.29 is 9.32 Å². The first-order valence-corrected chi connectivity index (χ1v) is 11.1. The number of thiophene rings is 1. The summed E-state index contributed by atoms with van der Waals surface area (Å²) < 4.78 is 5.53. The Balaban J connectivity index is 1.45. The zero-order valence-corrected chi connectivity index (χ0v) is 17.9. The third kappa shape index (κ3) is 3.98. The summed E-state index contributed by atoms with van der Waals surface area (Å²) in [5.41, 5.74) is 3.54. The van der Waals surface area contributed by atoms with Crippen LogP contribution >= 0.6 is 11.3 Å². The van der Waals surface area contributed by atoms with Gasteiger partial charge < -0.3 is 9.42 Å². The number of aryl methyl sites for hydroxylation is 1. The Morgan fingerprint density at radius 1 is 1.19 bits per heavy atom. The average molecular weight is 432 g/mol. The molecule has 4 aromatic heterocycles. The SMILES string of the molecule is Cc1cc(-c2cnc(-c3ccncc3)nc2C2CCN(C(=O)c3cccs3)CC2)on1. The average Bonchev–Trinajstić information content (AvgIpc) is 3.51. The molecule has 1 aliphatic rings. The number of nitrogens with zero attached hydrogens (tertiary/aromatic N) is 5. The third-order valence-electron chi connectivity index (χ3n) is 5.55. The summed E-state index contributed by atoms with van der Waals surface area (Å²) in [6.45, 7) is 3.29. The second kappa shape index (κ2) is 8.39. The Kier molecular flexibility index (Phi) is 5.30. The molecular weight excluding hydrogens is 410 g/mol. The second-order valence-corrected chi connectivity index (χ2v) is 8.55. The van der Waals surface area contributed by atoms with Crippen LogP contribution in [0.3, 0.4) is 0 Å². The maximum atomic E-state index is 12.7. The van der Waals surface area contributed by atoms with E-state index < -0.39 is 0 Å². The van der Waals surface area contributed by atoms with E-state index in [-0.39, 0.29) is 11.8 Å². The number of aromatic nitrogens is 4. The molecule has 5 heterocycles. The molecule has 31 heavy (non-hydrogen) atoms. The lowest BCUT2D eigenvalue weighted by atomic mass is 9.90. The summed E-state index contributed by atoms with van der Waals surface area (Å²) in [5, 5.41) is 5.97. The van der Waals surface area contributed by atoms with Crippen molar-refractivity contribution in [2.75, 3.05) is 13.1 Å². The first-order chi connectivity index (χ1) is 15.2. The molecule has 0 N–H and O–H groups in total. The van der Waals surface area contributed by atoms with Gasteiger partial charge in [0, 0.05) is 49.2 Å². The summed E-state index contributed by atoms with van der Waals surface area (Å²) >= 11 is 1.49. The molecule has 7 nitrogen and oxygen atoms in total. The molecule has 0 aromatic carbocycles. The molecule has 156 valence electrons. The minimum Gasteiger partial charge on any atom is -0.356 e. The molecule has 0 spiro atoms. The molecule has 1 amide bonds. The van der Waals surface area contributed by atoms with Crippen molar-refractivity contribution in [3.05, 3.63) is 70.6 Å². The molecule has 0 unspecified atom stereocenters. The molecule has 0 saturated carbocycles. The lowest BCUT2D eigenvalue weighted by Gasteiger charge is -2.32. The lowest BCUT2D eigenvalue weighted by molar-refractivity contribution is 0.0717. The Bertz CT molecular complexity index is 1180. The number of hydrogen-bond acceptors (Lipinski definition) is 7. The normalized spacial score (nSPS) is 14.7. The Hall–Kier alpha value is -3.39. The van der Waals surface area contributed by atoms with E-state index >= 15 is 0 Å². The Morgan fingerprint density at radius 3 is 2.68 bits per heavy atom. The van der Waals surface area contributed by atoms with Gasteiger partial charge in [0.25, 0.3) is 5.91 Å². The minimum absolute atomic E-state index is 0.111. The van der Waals surface area contributed by atoms with Crippen molar-refractivity contribution in [1.82, 2.24) is 25.0 Å². The van der Waals surface area contributed by atoms with Crippen molar-refractivity contribution in [3.8, 4) is 22.7 Å². The van der Waals surface area contributed by atoms with Gasteiger partial charge in [-0.05, 0) is 43.3 Å². The van der Waals surface area contributed by atoms with Gasteiger partial charge in [0.1, 0.15) is 0 Å². The van der Waals surface area contributed by atoms with Gasteiger partial charge >= 0.3 is 0 Å². The van der Waals surface area contributed by atoms with Gasteiger partial charge in [0.2, 0.25) is 0 Å². The van der Waals surface area contributed by atoms with E-state index in [0.717, 1.165) is 40.2 Å². The summed E-state index contributed by atoms with van der Waals surface area (Å²) in [7, 11) is 0. The van der Waals surface area contributed by atoms with Crippen molar-refractivity contribution >= 4 is 17.2 Å². The van der Waals surface area contributed by atoms with E-state index in [0.29, 0.717) is 24.7 Å². The number of carbonyl (C=O) groups is 1. The van der Waals surface area contributed by atoms with Gasteiger partial charge in [-0.15, -0.1) is 11.3 Å². The maximum absolute atomic E-state index is 12.7. The summed E-state index contributed by atoms with van der Waals surface area (Å²) in [5.74, 6) is 1.65. The van der Waals surface area contributed by atoms with Gasteiger partial charge in [-0.3, -0.25) is 9.78 Å². The molecule has 0 aliphatic carbocycles. The van der Waals surface area contributed by atoms with Crippen molar-refractivity contribution in [3.63, 3.8) is 0 Å². The predicted octanol–water partition coefficient (Wildman–Crippen LogP) is 4.58. The van der Waals surface area contributed by atoms with Crippen LogP contribution in [0.2, 0.25) is 0 Å². The first-order valence-electron chi connectivity index (χ1n) is 10.2. The highest BCUT2D eigenvalue weighted by Crippen LogP contribution is 2.35. The number of likely N-dealkylation sites (tertiary alicyclic amines) is 1. The summed E-state index contributed by atoms with van der Waals surface area (Å²) in [6, 6.07) is 9.51. The largest absolute Gasteiger partial charge is 0.356 e. The smallest absolute Gasteiger partial charge is 0.263 e. The van der Waals surface area contributed by atoms with Crippen LogP contribution in [-0.4, -0.2) is 44.0 Å². The standard InChI is InChI=1S/C23H21N5O2S/c1-15-13-19(30-27-15)18-14-25-22(17-4-8-24-9-5-17)26-21(18)16-6-10-28(11-7-16)23(29)20-3-2-12-31-20/h2-5,8-9,12-14,16H,6-7,10-11H2,1H3. The van der Waals surface area contributed by atoms with E-state index in [2.05, 4.69) is 15.1 Å². The van der Waals surface area contributed by atoms with E-state index in [4.69, 9.17) is 9.51 Å². The van der Waals surface area contributed by atoms with E-state index in [1.165, 1.54) is 11.3 Å². The fraction of sp³-hybridized carbons (Fsp3) is 0.261. The molecule has 4 aromatic rings. The van der Waals surface area contributed by atoms with Crippen molar-refractivity contribution in [2.24, 2.45) is 0 Å². The van der Waals surface area contributed by atoms with Crippen LogP contribution in [0.5, 0.6) is 0 Å². The van der Waals surface area contributed by atoms with E-state index in [9.17, 15) is 4.79 Å². The van der Waals surface area contributed by atoms with Gasteiger partial charge in [-0.1, -0.05) is 11.2 Å². The van der Waals surface area contributed by atoms with Crippen LogP contribution < -0.4 is 0 Å². The zero-order valence-electron chi connectivity index (χ0n) is 17.1. The van der Waals surface area contributed by atoms with Crippen LogP contribution in [-0.2, 0) is 0 Å². The monoisotopic (exact) mass is 431 g/mol. The third-order valence-corrected chi connectivity index (χ3v) is 6.41. The molecule has 1 saturated heterocycles. The van der Waals surface area contributed by atoms with Gasteiger partial charge in [-0.2, -0.15) is 0 Å². The highest BCUT2D eigenvalue weighted by molar-refractivity contribution is 7.12. The van der Waals surface area contributed by atoms with Gasteiger partial charge in [0.05, 0.1) is 21.8 Å². The molecular formula is C23H21N5O2S. The Labute approximate surface area is 183 Å². The van der Waals surface area contributed by atoms with Crippen molar-refractivity contribution in [1.29, 1.82) is 0 Å². The number of hydrogen-bond donors (Lipinski definition) is 0. The van der Waals surface area contributed by atoms with E-state index in [1.54, 1.807) is 12.4 Å². The number of carbonyl (C=O) groups excluding carboxylic acids is 1. The number of piperidine rings is 1. The second-order valence-electron chi connectivity index (χ2n) is 7.60. The predicted molar refractivity (Wildman–Crippen MR) is 118 cm³/mol. The molecule has 8 heteroatoms. The van der Waals surface area contributed by atoms with Crippen LogP contribution in [0.15, 0.2) is 58.8 Å². The molecule has 1 aliphatic heterocycles.